The predicted molar refractivity (Wildman–Crippen MR) is 56.8 cm³/mol. The molecular formula is C10H12ClFN2O. The summed E-state index contributed by atoms with van der Waals surface area (Å²) in [7, 11) is 0. The topological polar surface area (TPSA) is 25.4 Å². The van der Waals surface area contributed by atoms with Crippen LogP contribution in [-0.4, -0.2) is 30.8 Å². The molecule has 1 aliphatic rings. The Morgan fingerprint density at radius 1 is 1.60 bits per heavy atom. The van der Waals surface area contributed by atoms with Gasteiger partial charge >= 0.3 is 0 Å². The van der Waals surface area contributed by atoms with E-state index in [0.29, 0.717) is 19.0 Å². The van der Waals surface area contributed by atoms with Gasteiger partial charge in [0.25, 0.3) is 0 Å². The van der Waals surface area contributed by atoms with E-state index in [9.17, 15) is 4.39 Å². The summed E-state index contributed by atoms with van der Waals surface area (Å²) in [4.78, 5) is 5.84. The highest BCUT2D eigenvalue weighted by Crippen LogP contribution is 2.21. The first-order chi connectivity index (χ1) is 7.18. The van der Waals surface area contributed by atoms with Gasteiger partial charge in [-0.2, -0.15) is 4.39 Å². The number of anilines is 1. The third kappa shape index (κ3) is 2.21. The molecule has 0 aromatic carbocycles. The summed E-state index contributed by atoms with van der Waals surface area (Å²) in [5.41, 5.74) is 0. The lowest BCUT2D eigenvalue weighted by Crippen LogP contribution is -2.44. The zero-order chi connectivity index (χ0) is 10.8. The largest absolute Gasteiger partial charge is 0.377 e. The standard InChI is InChI=1S/C10H12ClFN2O/c1-7-6-15-5-4-14(7)9-3-2-8(11)10(12)13-9/h2-3,7H,4-6H2,1H3/t7-/m0/s1. The maximum Gasteiger partial charge on any atom is 0.233 e. The second-order valence-electron chi connectivity index (χ2n) is 3.56. The van der Waals surface area contributed by atoms with Crippen LogP contribution in [0.4, 0.5) is 10.2 Å². The van der Waals surface area contributed by atoms with Crippen LogP contribution in [0.3, 0.4) is 0 Å². The zero-order valence-electron chi connectivity index (χ0n) is 8.41. The number of pyridine rings is 1. The number of rotatable bonds is 1. The number of halogens is 2. The zero-order valence-corrected chi connectivity index (χ0v) is 9.17. The van der Waals surface area contributed by atoms with Crippen LogP contribution in [0.1, 0.15) is 6.92 Å². The van der Waals surface area contributed by atoms with Crippen molar-refractivity contribution >= 4 is 17.4 Å². The van der Waals surface area contributed by atoms with Crippen molar-refractivity contribution in [2.24, 2.45) is 0 Å². The summed E-state index contributed by atoms with van der Waals surface area (Å²) in [5, 5.41) is 0.0552. The molecule has 82 valence electrons. The molecule has 1 atom stereocenters. The minimum Gasteiger partial charge on any atom is -0.377 e. The van der Waals surface area contributed by atoms with Crippen molar-refractivity contribution in [1.82, 2.24) is 4.98 Å². The van der Waals surface area contributed by atoms with Gasteiger partial charge in [-0.25, -0.2) is 4.98 Å². The van der Waals surface area contributed by atoms with E-state index in [1.807, 2.05) is 11.8 Å². The summed E-state index contributed by atoms with van der Waals surface area (Å²) >= 11 is 5.58. The minimum absolute atomic E-state index is 0.0552. The molecule has 2 rings (SSSR count). The lowest BCUT2D eigenvalue weighted by molar-refractivity contribution is 0.0984. The third-order valence-electron chi connectivity index (χ3n) is 2.45. The first-order valence-electron chi connectivity index (χ1n) is 4.85. The average Bonchev–Trinajstić information content (AvgIpc) is 2.23. The Balaban J connectivity index is 2.24. The van der Waals surface area contributed by atoms with Crippen molar-refractivity contribution in [1.29, 1.82) is 0 Å². The molecular weight excluding hydrogens is 219 g/mol. The summed E-state index contributed by atoms with van der Waals surface area (Å²) in [6, 6.07) is 3.47. The van der Waals surface area contributed by atoms with Crippen LogP contribution in [0, 0.1) is 5.95 Å². The Morgan fingerprint density at radius 2 is 2.40 bits per heavy atom. The minimum atomic E-state index is -0.618. The second-order valence-corrected chi connectivity index (χ2v) is 3.97. The molecule has 1 saturated heterocycles. The highest BCUT2D eigenvalue weighted by Gasteiger charge is 2.20. The van der Waals surface area contributed by atoms with Gasteiger partial charge in [0.15, 0.2) is 0 Å². The fourth-order valence-electron chi connectivity index (χ4n) is 1.64. The van der Waals surface area contributed by atoms with Gasteiger partial charge in [0.05, 0.1) is 24.3 Å². The normalized spacial score (nSPS) is 21.8. The number of aromatic nitrogens is 1. The molecule has 0 unspecified atom stereocenters. The van der Waals surface area contributed by atoms with E-state index < -0.39 is 5.95 Å². The van der Waals surface area contributed by atoms with Crippen LogP contribution in [0.25, 0.3) is 0 Å². The first kappa shape index (κ1) is 10.6. The molecule has 15 heavy (non-hydrogen) atoms. The monoisotopic (exact) mass is 230 g/mol. The summed E-state index contributed by atoms with van der Waals surface area (Å²) in [5.74, 6) is 0.000517. The van der Waals surface area contributed by atoms with E-state index >= 15 is 0 Å². The van der Waals surface area contributed by atoms with Crippen molar-refractivity contribution in [2.75, 3.05) is 24.7 Å². The van der Waals surface area contributed by atoms with E-state index in [1.54, 1.807) is 6.07 Å². The van der Waals surface area contributed by atoms with E-state index in [-0.39, 0.29) is 11.1 Å². The first-order valence-corrected chi connectivity index (χ1v) is 5.22. The van der Waals surface area contributed by atoms with Crippen LogP contribution in [-0.2, 0) is 4.74 Å². The predicted octanol–water partition coefficient (Wildman–Crippen LogP) is 2.10. The molecule has 0 radical (unpaired) electrons. The van der Waals surface area contributed by atoms with Crippen molar-refractivity contribution < 1.29 is 9.13 Å². The van der Waals surface area contributed by atoms with Gasteiger partial charge in [-0.15, -0.1) is 0 Å². The summed E-state index contributed by atoms with van der Waals surface area (Å²) in [6.45, 7) is 4.05. The molecule has 1 fully saturated rings. The van der Waals surface area contributed by atoms with Crippen molar-refractivity contribution in [2.45, 2.75) is 13.0 Å². The van der Waals surface area contributed by atoms with Gasteiger partial charge < -0.3 is 9.64 Å². The van der Waals surface area contributed by atoms with Crippen LogP contribution < -0.4 is 4.90 Å². The Kier molecular flexibility index (Phi) is 3.07. The van der Waals surface area contributed by atoms with Gasteiger partial charge in [-0.1, -0.05) is 11.6 Å². The molecule has 5 heteroatoms. The molecule has 0 amide bonds. The number of hydrogen-bond donors (Lipinski definition) is 0. The van der Waals surface area contributed by atoms with Crippen LogP contribution in [0.15, 0.2) is 12.1 Å². The van der Waals surface area contributed by atoms with Gasteiger partial charge in [0, 0.05) is 6.54 Å². The maximum absolute atomic E-state index is 13.2. The van der Waals surface area contributed by atoms with E-state index in [1.165, 1.54) is 6.07 Å². The Morgan fingerprint density at radius 3 is 3.07 bits per heavy atom. The maximum atomic E-state index is 13.2. The molecule has 1 aliphatic heterocycles. The number of nitrogens with zero attached hydrogens (tertiary/aromatic N) is 2. The molecule has 3 nitrogen and oxygen atoms in total. The van der Waals surface area contributed by atoms with Gasteiger partial charge in [-0.05, 0) is 19.1 Å². The molecule has 1 aromatic rings. The van der Waals surface area contributed by atoms with E-state index in [0.717, 1.165) is 6.54 Å². The van der Waals surface area contributed by atoms with Crippen molar-refractivity contribution in [3.8, 4) is 0 Å². The van der Waals surface area contributed by atoms with Gasteiger partial charge in [-0.3, -0.25) is 0 Å². The SMILES string of the molecule is C[C@H]1COCCN1c1ccc(Cl)c(F)n1. The number of hydrogen-bond acceptors (Lipinski definition) is 3. The van der Waals surface area contributed by atoms with Crippen LogP contribution >= 0.6 is 11.6 Å². The average molecular weight is 231 g/mol. The molecule has 0 saturated carbocycles. The van der Waals surface area contributed by atoms with E-state index in [4.69, 9.17) is 16.3 Å². The van der Waals surface area contributed by atoms with Crippen molar-refractivity contribution in [3.05, 3.63) is 23.1 Å². The molecule has 0 aliphatic carbocycles. The fourth-order valence-corrected chi connectivity index (χ4v) is 1.74. The lowest BCUT2D eigenvalue weighted by atomic mass is 10.2. The smallest absolute Gasteiger partial charge is 0.233 e. The Bertz CT molecular complexity index is 361. The Labute approximate surface area is 92.8 Å². The number of ether oxygens (including phenoxy) is 1. The summed E-state index contributed by atoms with van der Waals surface area (Å²) < 4.78 is 18.5. The fraction of sp³-hybridized carbons (Fsp3) is 0.500. The quantitative estimate of drug-likeness (QED) is 0.691. The molecule has 2 heterocycles. The second kappa shape index (κ2) is 4.33. The Hall–Kier alpha value is -0.870. The van der Waals surface area contributed by atoms with Gasteiger partial charge in [0.1, 0.15) is 5.82 Å². The van der Waals surface area contributed by atoms with Crippen LogP contribution in [0.5, 0.6) is 0 Å². The van der Waals surface area contributed by atoms with Crippen LogP contribution in [0.2, 0.25) is 5.02 Å². The molecule has 1 aromatic heterocycles. The van der Waals surface area contributed by atoms with Gasteiger partial charge in [0.2, 0.25) is 5.95 Å². The third-order valence-corrected chi connectivity index (χ3v) is 2.73. The highest BCUT2D eigenvalue weighted by atomic mass is 35.5. The van der Waals surface area contributed by atoms with Crippen molar-refractivity contribution in [3.63, 3.8) is 0 Å². The lowest BCUT2D eigenvalue weighted by Gasteiger charge is -2.34. The number of morpholine rings is 1. The molecule has 0 N–H and O–H groups in total. The van der Waals surface area contributed by atoms with E-state index in [2.05, 4.69) is 4.98 Å². The molecule has 0 bridgehead atoms. The molecule has 0 spiro atoms. The highest BCUT2D eigenvalue weighted by molar-refractivity contribution is 6.30. The summed E-state index contributed by atoms with van der Waals surface area (Å²) in [6.07, 6.45) is 0.